The van der Waals surface area contributed by atoms with E-state index in [1.165, 1.54) is 16.2 Å². The topological polar surface area (TPSA) is 147 Å². The van der Waals surface area contributed by atoms with Crippen LogP contribution in [0.4, 0.5) is 15.6 Å². The Morgan fingerprint density at radius 3 is 2.57 bits per heavy atom. The van der Waals surface area contributed by atoms with Crippen molar-refractivity contribution in [2.45, 2.75) is 122 Å². The van der Waals surface area contributed by atoms with Crippen molar-refractivity contribution in [3.8, 4) is 23.5 Å². The van der Waals surface area contributed by atoms with Gasteiger partial charge in [0.15, 0.2) is 17.3 Å². The molecule has 274 valence electrons. The number of aryl methyl sites for hydroxylation is 1. The molecule has 4 atom stereocenters. The number of carbonyl (C=O) groups is 1. The molecule has 5 heterocycles. The van der Waals surface area contributed by atoms with E-state index < -0.39 is 11.0 Å². The number of carbonyl (C=O) groups excluding carboxylic acids is 1. The number of nitrogens with two attached hydrogens (primary N) is 1. The molecule has 0 bridgehead atoms. The molecule has 2 N–H and O–H groups in total. The van der Waals surface area contributed by atoms with Crippen LogP contribution in [0.15, 0.2) is 10.6 Å². The fraction of sp³-hybridized carbons (Fsp3) is 0.658. The number of nitrogen functional groups attached to an aromatic ring is 1. The van der Waals surface area contributed by atoms with E-state index in [1.807, 2.05) is 31.7 Å². The molecular formula is C38H52N8O4S. The van der Waals surface area contributed by atoms with Crippen molar-refractivity contribution in [3.05, 3.63) is 33.4 Å². The summed E-state index contributed by atoms with van der Waals surface area (Å²) in [6, 6.07) is 4.57. The Morgan fingerprint density at radius 2 is 1.88 bits per heavy atom. The molecule has 2 fully saturated rings. The Morgan fingerprint density at radius 1 is 1.12 bits per heavy atom. The summed E-state index contributed by atoms with van der Waals surface area (Å²) in [5, 5.41) is 15.5. The zero-order chi connectivity index (χ0) is 36.2. The summed E-state index contributed by atoms with van der Waals surface area (Å²) in [6.07, 6.45) is 7.24. The minimum atomic E-state index is -0.575. The van der Waals surface area contributed by atoms with Crippen LogP contribution in [-0.2, 0) is 23.0 Å². The van der Waals surface area contributed by atoms with E-state index in [1.54, 1.807) is 0 Å². The predicted octanol–water partition coefficient (Wildman–Crippen LogP) is 6.55. The number of likely N-dealkylation sites (N-methyl/N-ethyl adjacent to an activating group) is 1. The van der Waals surface area contributed by atoms with Crippen LogP contribution >= 0.6 is 11.3 Å². The first-order valence-corrected chi connectivity index (χ1v) is 19.4. The lowest BCUT2D eigenvalue weighted by molar-refractivity contribution is 0.00876. The molecule has 3 aromatic heterocycles. The highest BCUT2D eigenvalue weighted by Crippen LogP contribution is 2.55. The average Bonchev–Trinajstić information content (AvgIpc) is 3.80. The Hall–Kier alpha value is -3.89. The van der Waals surface area contributed by atoms with Crippen molar-refractivity contribution < 1.29 is 18.8 Å². The quantitative estimate of drug-likeness (QED) is 0.296. The zero-order valence-electron chi connectivity index (χ0n) is 31.1. The van der Waals surface area contributed by atoms with E-state index in [2.05, 4.69) is 43.7 Å². The summed E-state index contributed by atoms with van der Waals surface area (Å²) in [5.41, 5.74) is 8.64. The molecule has 13 heteroatoms. The third-order valence-electron chi connectivity index (χ3n) is 11.3. The first kappa shape index (κ1) is 35.5. The lowest BCUT2D eigenvalue weighted by atomic mass is 9.63. The van der Waals surface area contributed by atoms with Crippen LogP contribution in [0.5, 0.6) is 5.88 Å². The van der Waals surface area contributed by atoms with Crippen molar-refractivity contribution in [2.24, 2.45) is 5.92 Å². The lowest BCUT2D eigenvalue weighted by Gasteiger charge is -2.44. The van der Waals surface area contributed by atoms with Crippen LogP contribution in [0.2, 0.25) is 0 Å². The molecule has 12 nitrogen and oxygen atoms in total. The van der Waals surface area contributed by atoms with Crippen LogP contribution in [0, 0.1) is 17.2 Å². The van der Waals surface area contributed by atoms with Crippen molar-refractivity contribution in [1.82, 2.24) is 24.9 Å². The minimum absolute atomic E-state index is 0.0741. The molecule has 2 aliphatic heterocycles. The Balaban J connectivity index is 1.27. The highest BCUT2D eigenvalue weighted by molar-refractivity contribution is 7.16. The standard InChI is InChI=1S/C38H52N8O4S/c1-22(2)27-21-45(17-18-46(27)36(47)49-37(4,5)6)29-19-30(48-23(3)26-12-10-16-44(26)7)42-35(41-29)32-24-11-8-14-38(33(24)50-43-32)15-9-13-28-31(38)25(20-39)34(40)51-28/h19,22-23,26-27H,8-18,21,40H2,1-7H3/t23-,26-,27-,38-/m0/s1. The summed E-state index contributed by atoms with van der Waals surface area (Å²) in [4.78, 5) is 31.1. The van der Waals surface area contributed by atoms with Gasteiger partial charge in [-0.2, -0.15) is 10.2 Å². The number of thiophene rings is 1. The van der Waals surface area contributed by atoms with E-state index in [4.69, 9.17) is 34.9 Å². The van der Waals surface area contributed by atoms with Gasteiger partial charge in [-0.15, -0.1) is 11.3 Å². The number of anilines is 2. The molecular weight excluding hydrogens is 665 g/mol. The Labute approximate surface area is 305 Å². The van der Waals surface area contributed by atoms with E-state index >= 15 is 0 Å². The second-order valence-electron chi connectivity index (χ2n) is 16.2. The molecule has 7 rings (SSSR count). The van der Waals surface area contributed by atoms with Gasteiger partial charge in [-0.3, -0.25) is 4.90 Å². The van der Waals surface area contributed by atoms with Crippen LogP contribution in [-0.4, -0.2) is 88.0 Å². The van der Waals surface area contributed by atoms with Gasteiger partial charge in [0.05, 0.1) is 17.0 Å². The van der Waals surface area contributed by atoms with E-state index in [-0.39, 0.29) is 24.2 Å². The molecule has 4 aliphatic rings. The number of amides is 1. The summed E-state index contributed by atoms with van der Waals surface area (Å²) in [7, 11) is 2.15. The number of likely N-dealkylation sites (tertiary alicyclic amines) is 1. The maximum Gasteiger partial charge on any atom is 0.410 e. The van der Waals surface area contributed by atoms with Gasteiger partial charge < -0.3 is 29.5 Å². The molecule has 2 saturated heterocycles. The van der Waals surface area contributed by atoms with Crippen LogP contribution in [0.25, 0.3) is 11.5 Å². The van der Waals surface area contributed by atoms with Gasteiger partial charge in [-0.05, 0) is 104 Å². The summed E-state index contributed by atoms with van der Waals surface area (Å²) < 4.78 is 18.8. The number of fused-ring (bicyclic) bond motifs is 4. The maximum atomic E-state index is 13.3. The van der Waals surface area contributed by atoms with E-state index in [9.17, 15) is 10.1 Å². The number of nitrogens with zero attached hydrogens (tertiary/aromatic N) is 7. The van der Waals surface area contributed by atoms with E-state index in [0.29, 0.717) is 53.6 Å². The third kappa shape index (κ3) is 6.54. The number of rotatable bonds is 6. The van der Waals surface area contributed by atoms with Gasteiger partial charge >= 0.3 is 6.09 Å². The first-order valence-electron chi connectivity index (χ1n) is 18.6. The number of piperazine rings is 1. The fourth-order valence-corrected chi connectivity index (χ4v) is 10.1. The van der Waals surface area contributed by atoms with Gasteiger partial charge in [-0.25, -0.2) is 9.78 Å². The number of ether oxygens (including phenoxy) is 2. The molecule has 1 spiro atoms. The molecule has 0 radical (unpaired) electrons. The fourth-order valence-electron chi connectivity index (χ4n) is 8.89. The smallest absolute Gasteiger partial charge is 0.410 e. The summed E-state index contributed by atoms with van der Waals surface area (Å²) in [6.45, 7) is 14.8. The molecule has 3 aromatic rings. The predicted molar refractivity (Wildman–Crippen MR) is 197 cm³/mol. The van der Waals surface area contributed by atoms with Gasteiger partial charge in [-0.1, -0.05) is 19.0 Å². The average molecular weight is 717 g/mol. The normalized spacial score (nSPS) is 24.4. The molecule has 0 unspecified atom stereocenters. The second kappa shape index (κ2) is 13.6. The maximum absolute atomic E-state index is 13.3. The van der Waals surface area contributed by atoms with Crippen LogP contribution in [0.1, 0.15) is 107 Å². The first-order chi connectivity index (χ1) is 24.3. The van der Waals surface area contributed by atoms with Crippen molar-refractivity contribution in [2.75, 3.05) is 43.9 Å². The monoisotopic (exact) mass is 716 g/mol. The third-order valence-corrected chi connectivity index (χ3v) is 12.4. The molecule has 2 aliphatic carbocycles. The highest BCUT2D eigenvalue weighted by Gasteiger charge is 2.49. The van der Waals surface area contributed by atoms with Gasteiger partial charge in [0.2, 0.25) is 5.88 Å². The summed E-state index contributed by atoms with van der Waals surface area (Å²) >= 11 is 1.54. The zero-order valence-corrected chi connectivity index (χ0v) is 31.9. The number of nitriles is 1. The number of hydrogen-bond acceptors (Lipinski definition) is 12. The second-order valence-corrected chi connectivity index (χ2v) is 17.3. The molecule has 0 saturated carbocycles. The van der Waals surface area contributed by atoms with Gasteiger partial charge in [0.25, 0.3) is 0 Å². The van der Waals surface area contributed by atoms with Gasteiger partial charge in [0.1, 0.15) is 28.6 Å². The molecule has 1 amide bonds. The number of hydrogen-bond donors (Lipinski definition) is 1. The Kier molecular flexibility index (Phi) is 9.46. The SMILES string of the molecule is CC(C)[C@@H]1CN(c2cc(O[C@@H](C)[C@@H]3CCCN3C)nc(-c3noc4c3CCC[C@@]43CCCc4sc(N)c(C#N)c43)n2)CCN1C(=O)OC(C)(C)C. The van der Waals surface area contributed by atoms with Crippen molar-refractivity contribution in [3.63, 3.8) is 0 Å². The van der Waals surface area contributed by atoms with E-state index in [0.717, 1.165) is 80.6 Å². The van der Waals surface area contributed by atoms with Crippen molar-refractivity contribution in [1.29, 1.82) is 5.26 Å². The van der Waals surface area contributed by atoms with Crippen LogP contribution in [0.3, 0.4) is 0 Å². The Bertz CT molecular complexity index is 1820. The van der Waals surface area contributed by atoms with Gasteiger partial charge in [0, 0.05) is 42.2 Å². The van der Waals surface area contributed by atoms with Crippen molar-refractivity contribution >= 4 is 28.2 Å². The largest absolute Gasteiger partial charge is 0.473 e. The number of aromatic nitrogens is 3. The highest BCUT2D eigenvalue weighted by atomic mass is 32.1. The van der Waals surface area contributed by atoms with Crippen LogP contribution < -0.4 is 15.4 Å². The minimum Gasteiger partial charge on any atom is -0.473 e. The molecule has 51 heavy (non-hydrogen) atoms. The summed E-state index contributed by atoms with van der Waals surface area (Å²) in [5.74, 6) is 2.71. The molecule has 0 aromatic carbocycles. The lowest BCUT2D eigenvalue weighted by Crippen LogP contribution is -2.58.